The monoisotopic (exact) mass is 356 g/mol. The van der Waals surface area contributed by atoms with Crippen LogP contribution in [0.2, 0.25) is 10.0 Å². The second-order valence-corrected chi connectivity index (χ2v) is 5.24. The van der Waals surface area contributed by atoms with Crippen LogP contribution in [0.1, 0.15) is 0 Å². The molecule has 0 atom stereocenters. The summed E-state index contributed by atoms with van der Waals surface area (Å²) in [6.07, 6.45) is 0. The summed E-state index contributed by atoms with van der Waals surface area (Å²) in [6.45, 7) is 0.00235. The van der Waals surface area contributed by atoms with Gasteiger partial charge >= 0.3 is 0 Å². The fraction of sp³-hybridized carbons (Fsp3) is 0.0769. The molecule has 0 saturated heterocycles. The van der Waals surface area contributed by atoms with Crippen LogP contribution in [0.4, 0.5) is 22.7 Å². The van der Waals surface area contributed by atoms with Gasteiger partial charge in [-0.2, -0.15) is 0 Å². The molecule has 10 heteroatoms. The average Bonchev–Trinajstić information content (AvgIpc) is 2.46. The number of halogens is 2. The van der Waals surface area contributed by atoms with Crippen molar-refractivity contribution in [3.8, 4) is 0 Å². The van der Waals surface area contributed by atoms with Gasteiger partial charge < -0.3 is 10.6 Å². The van der Waals surface area contributed by atoms with Crippen molar-refractivity contribution in [3.05, 3.63) is 66.7 Å². The van der Waals surface area contributed by atoms with Crippen molar-refractivity contribution in [2.24, 2.45) is 0 Å². The maximum Gasteiger partial charge on any atom is 0.292 e. The molecule has 0 amide bonds. The molecule has 120 valence electrons. The molecule has 0 spiro atoms. The molecular weight excluding hydrogens is 347 g/mol. The molecule has 0 aromatic heterocycles. The summed E-state index contributed by atoms with van der Waals surface area (Å²) < 4.78 is 0. The molecule has 8 nitrogen and oxygen atoms in total. The van der Waals surface area contributed by atoms with Gasteiger partial charge in [-0.25, -0.2) is 0 Å². The van der Waals surface area contributed by atoms with Crippen molar-refractivity contribution in [2.45, 2.75) is 0 Å². The quantitative estimate of drug-likeness (QED) is 0.453. The zero-order chi connectivity index (χ0) is 17.0. The maximum absolute atomic E-state index is 10.9. The van der Waals surface area contributed by atoms with Gasteiger partial charge in [0.25, 0.3) is 11.4 Å². The Hall–Kier alpha value is -2.58. The Kier molecular flexibility index (Phi) is 5.20. The number of benzene rings is 2. The molecular formula is C13H10Cl2N4O4. The summed E-state index contributed by atoms with van der Waals surface area (Å²) in [5, 5.41) is 28.1. The molecule has 0 aliphatic carbocycles. The standard InChI is InChI=1S/C13H10Cl2N4O4/c14-8-1-3-12(18(20)21)10(5-8)16-7-17-11-6-9(15)2-4-13(11)19(22)23/h1-6,16-17H,7H2. The van der Waals surface area contributed by atoms with Gasteiger partial charge in [0.15, 0.2) is 0 Å². The van der Waals surface area contributed by atoms with Crippen LogP contribution in [0.5, 0.6) is 0 Å². The first-order chi connectivity index (χ1) is 10.9. The highest BCUT2D eigenvalue weighted by atomic mass is 35.5. The fourth-order valence-electron chi connectivity index (χ4n) is 1.85. The van der Waals surface area contributed by atoms with Gasteiger partial charge in [-0.05, 0) is 24.3 Å². The maximum atomic E-state index is 10.9. The first-order valence-corrected chi connectivity index (χ1v) is 6.99. The molecule has 0 saturated carbocycles. The topological polar surface area (TPSA) is 110 Å². The van der Waals surface area contributed by atoms with E-state index in [0.717, 1.165) is 0 Å². The van der Waals surface area contributed by atoms with Gasteiger partial charge in [0.05, 0.1) is 16.5 Å². The molecule has 0 aliphatic heterocycles. The number of nitrogens with one attached hydrogen (secondary N) is 2. The number of nitro benzene ring substituents is 2. The van der Waals surface area contributed by atoms with Crippen molar-refractivity contribution in [3.63, 3.8) is 0 Å². The third-order valence-corrected chi connectivity index (χ3v) is 3.34. The van der Waals surface area contributed by atoms with E-state index < -0.39 is 9.85 Å². The van der Waals surface area contributed by atoms with Gasteiger partial charge in [0.2, 0.25) is 0 Å². The summed E-state index contributed by atoms with van der Waals surface area (Å²) in [4.78, 5) is 20.8. The van der Waals surface area contributed by atoms with Gasteiger partial charge in [-0.15, -0.1) is 0 Å². The average molecular weight is 357 g/mol. The van der Waals surface area contributed by atoms with Crippen LogP contribution in [0.25, 0.3) is 0 Å². The van der Waals surface area contributed by atoms with Gasteiger partial charge in [0, 0.05) is 22.2 Å². The minimum atomic E-state index is -0.555. The van der Waals surface area contributed by atoms with Crippen LogP contribution in [0.15, 0.2) is 36.4 Å². The van der Waals surface area contributed by atoms with E-state index in [9.17, 15) is 20.2 Å². The minimum absolute atomic E-state index is 0.00235. The second kappa shape index (κ2) is 7.12. The molecule has 0 unspecified atom stereocenters. The first kappa shape index (κ1) is 16.8. The number of nitrogens with zero attached hydrogens (tertiary/aromatic N) is 2. The van der Waals surface area contributed by atoms with E-state index in [2.05, 4.69) is 10.6 Å². The third kappa shape index (κ3) is 4.21. The lowest BCUT2D eigenvalue weighted by atomic mass is 10.2. The van der Waals surface area contributed by atoms with Crippen molar-refractivity contribution in [2.75, 3.05) is 17.3 Å². The smallest absolute Gasteiger partial charge is 0.292 e. The number of anilines is 2. The normalized spacial score (nSPS) is 10.2. The Morgan fingerprint density at radius 2 is 1.22 bits per heavy atom. The van der Waals surface area contributed by atoms with Crippen molar-refractivity contribution >= 4 is 46.0 Å². The lowest BCUT2D eigenvalue weighted by molar-refractivity contribution is -0.384. The highest BCUT2D eigenvalue weighted by Crippen LogP contribution is 2.29. The van der Waals surface area contributed by atoms with Crippen LogP contribution >= 0.6 is 23.2 Å². The van der Waals surface area contributed by atoms with Crippen LogP contribution in [0, 0.1) is 20.2 Å². The van der Waals surface area contributed by atoms with Crippen molar-refractivity contribution in [1.29, 1.82) is 0 Å². The Morgan fingerprint density at radius 1 is 0.826 bits per heavy atom. The zero-order valence-electron chi connectivity index (χ0n) is 11.5. The summed E-state index contributed by atoms with van der Waals surface area (Å²) in [7, 11) is 0. The van der Waals surface area contributed by atoms with Crippen molar-refractivity contribution < 1.29 is 9.85 Å². The minimum Gasteiger partial charge on any atom is -0.362 e. The van der Waals surface area contributed by atoms with Gasteiger partial charge in [-0.3, -0.25) is 20.2 Å². The van der Waals surface area contributed by atoms with E-state index in [1.807, 2.05) is 0 Å². The lowest BCUT2D eigenvalue weighted by Gasteiger charge is -2.10. The number of rotatable bonds is 6. The highest BCUT2D eigenvalue weighted by Gasteiger charge is 2.15. The summed E-state index contributed by atoms with van der Waals surface area (Å²) in [5.74, 6) is 0. The van der Waals surface area contributed by atoms with Crippen LogP contribution < -0.4 is 10.6 Å². The molecule has 2 rings (SSSR count). The molecule has 23 heavy (non-hydrogen) atoms. The Labute approximate surface area is 140 Å². The van der Waals surface area contributed by atoms with E-state index in [0.29, 0.717) is 10.0 Å². The Bertz CT molecular complexity index is 706. The van der Waals surface area contributed by atoms with E-state index in [4.69, 9.17) is 23.2 Å². The van der Waals surface area contributed by atoms with Crippen LogP contribution in [-0.4, -0.2) is 16.5 Å². The molecule has 2 aromatic rings. The van der Waals surface area contributed by atoms with E-state index in [1.54, 1.807) is 0 Å². The van der Waals surface area contributed by atoms with E-state index >= 15 is 0 Å². The molecule has 2 aromatic carbocycles. The Balaban J connectivity index is 2.15. The van der Waals surface area contributed by atoms with Crippen molar-refractivity contribution in [1.82, 2.24) is 0 Å². The number of hydrogen-bond donors (Lipinski definition) is 2. The predicted octanol–water partition coefficient (Wildman–Crippen LogP) is 4.29. The number of hydrogen-bond acceptors (Lipinski definition) is 6. The largest absolute Gasteiger partial charge is 0.362 e. The molecule has 0 bridgehead atoms. The molecule has 2 N–H and O–H groups in total. The predicted molar refractivity (Wildman–Crippen MR) is 88.3 cm³/mol. The first-order valence-electron chi connectivity index (χ1n) is 6.24. The summed E-state index contributed by atoms with van der Waals surface area (Å²) in [6, 6.07) is 8.14. The van der Waals surface area contributed by atoms with Crippen LogP contribution in [0.3, 0.4) is 0 Å². The molecule has 0 aliphatic rings. The molecule has 0 fully saturated rings. The number of nitro groups is 2. The van der Waals surface area contributed by atoms with Gasteiger partial charge in [0.1, 0.15) is 11.4 Å². The van der Waals surface area contributed by atoms with E-state index in [-0.39, 0.29) is 29.4 Å². The Morgan fingerprint density at radius 3 is 1.57 bits per heavy atom. The lowest BCUT2D eigenvalue weighted by Crippen LogP contribution is -2.13. The fourth-order valence-corrected chi connectivity index (χ4v) is 2.20. The zero-order valence-corrected chi connectivity index (χ0v) is 13.0. The summed E-state index contributed by atoms with van der Waals surface area (Å²) in [5.41, 5.74) is 0.0768. The molecule has 0 heterocycles. The summed E-state index contributed by atoms with van der Waals surface area (Å²) >= 11 is 11.6. The third-order valence-electron chi connectivity index (χ3n) is 2.87. The van der Waals surface area contributed by atoms with E-state index in [1.165, 1.54) is 36.4 Å². The second-order valence-electron chi connectivity index (χ2n) is 4.37. The van der Waals surface area contributed by atoms with Crippen LogP contribution in [-0.2, 0) is 0 Å². The molecule has 0 radical (unpaired) electrons. The highest BCUT2D eigenvalue weighted by molar-refractivity contribution is 6.31. The van der Waals surface area contributed by atoms with Gasteiger partial charge in [-0.1, -0.05) is 23.2 Å². The SMILES string of the molecule is O=[N+]([O-])c1ccc(Cl)cc1NCNc1cc(Cl)ccc1[N+](=O)[O-].